The van der Waals surface area contributed by atoms with Crippen molar-refractivity contribution in [2.24, 2.45) is 5.92 Å². The fraction of sp³-hybridized carbons (Fsp3) is 0.818. The summed E-state index contributed by atoms with van der Waals surface area (Å²) in [5.41, 5.74) is 0. The van der Waals surface area contributed by atoms with Gasteiger partial charge in [0.1, 0.15) is 6.04 Å². The molecule has 0 amide bonds. The van der Waals surface area contributed by atoms with Gasteiger partial charge in [-0.3, -0.25) is 14.5 Å². The Morgan fingerprint density at radius 1 is 1.26 bits per heavy atom. The van der Waals surface area contributed by atoms with Crippen molar-refractivity contribution in [1.29, 1.82) is 0 Å². The number of likely N-dealkylation sites (tertiary alicyclic amines) is 1. The van der Waals surface area contributed by atoms with Gasteiger partial charge in [0, 0.05) is 6.54 Å². The zero-order valence-electron chi connectivity index (χ0n) is 10.7. The molecular weight excluding hydrogens is 267 g/mol. The summed E-state index contributed by atoms with van der Waals surface area (Å²) in [5.74, 6) is -2.16. The molecule has 2 unspecified atom stereocenters. The van der Waals surface area contributed by atoms with Gasteiger partial charge < -0.3 is 9.47 Å². The third-order valence-corrected chi connectivity index (χ3v) is 3.19. The number of carbonyl (C=O) groups is 2. The number of rotatable bonds is 3. The van der Waals surface area contributed by atoms with Crippen molar-refractivity contribution in [3.8, 4) is 0 Å². The van der Waals surface area contributed by atoms with E-state index in [0.29, 0.717) is 0 Å². The van der Waals surface area contributed by atoms with Crippen molar-refractivity contribution in [3.63, 3.8) is 0 Å². The maximum Gasteiger partial charge on any atom is 0.404 e. The molecule has 1 aliphatic heterocycles. The van der Waals surface area contributed by atoms with Crippen LogP contribution in [0.3, 0.4) is 0 Å². The van der Waals surface area contributed by atoms with E-state index in [1.807, 2.05) is 0 Å². The SMILES string of the molecule is COC(=O)CN1CCC(C(=O)OC)CC1C(F)(F)F. The third-order valence-electron chi connectivity index (χ3n) is 3.19. The topological polar surface area (TPSA) is 55.8 Å². The number of hydrogen-bond donors (Lipinski definition) is 0. The first kappa shape index (κ1) is 15.7. The molecule has 110 valence electrons. The Morgan fingerprint density at radius 3 is 2.37 bits per heavy atom. The fourth-order valence-corrected chi connectivity index (χ4v) is 2.15. The molecule has 0 aromatic heterocycles. The van der Waals surface area contributed by atoms with Crippen molar-refractivity contribution in [1.82, 2.24) is 4.90 Å². The van der Waals surface area contributed by atoms with Crippen molar-refractivity contribution < 1.29 is 32.2 Å². The molecule has 0 saturated carbocycles. The van der Waals surface area contributed by atoms with Gasteiger partial charge in [0.05, 0.1) is 26.7 Å². The summed E-state index contributed by atoms with van der Waals surface area (Å²) in [5, 5.41) is 0. The van der Waals surface area contributed by atoms with Crippen LogP contribution in [0.1, 0.15) is 12.8 Å². The number of methoxy groups -OCH3 is 2. The maximum absolute atomic E-state index is 12.9. The Hall–Kier alpha value is -1.31. The molecule has 5 nitrogen and oxygen atoms in total. The molecule has 2 atom stereocenters. The summed E-state index contributed by atoms with van der Waals surface area (Å²) in [6.07, 6.45) is -4.66. The van der Waals surface area contributed by atoms with E-state index in [9.17, 15) is 22.8 Å². The van der Waals surface area contributed by atoms with Crippen LogP contribution in [0.15, 0.2) is 0 Å². The molecule has 1 aliphatic rings. The summed E-state index contributed by atoms with van der Waals surface area (Å²) < 4.78 is 47.7. The zero-order valence-corrected chi connectivity index (χ0v) is 10.7. The van der Waals surface area contributed by atoms with Gasteiger partial charge in [-0.1, -0.05) is 0 Å². The molecule has 8 heteroatoms. The first-order valence-corrected chi connectivity index (χ1v) is 5.75. The fourth-order valence-electron chi connectivity index (χ4n) is 2.15. The standard InChI is InChI=1S/C11H16F3NO4/c1-18-9(16)6-15-4-3-7(10(17)19-2)5-8(15)11(12,13)14/h7-8H,3-6H2,1-2H3. The van der Waals surface area contributed by atoms with Crippen LogP contribution in [-0.2, 0) is 19.1 Å². The van der Waals surface area contributed by atoms with Crippen LogP contribution in [0.2, 0.25) is 0 Å². The largest absolute Gasteiger partial charge is 0.469 e. The van der Waals surface area contributed by atoms with Crippen molar-refractivity contribution >= 4 is 11.9 Å². The Balaban J connectivity index is 2.78. The number of hydrogen-bond acceptors (Lipinski definition) is 5. The molecule has 0 aromatic carbocycles. The van der Waals surface area contributed by atoms with E-state index in [0.717, 1.165) is 19.1 Å². The Labute approximate surface area is 108 Å². The van der Waals surface area contributed by atoms with E-state index in [2.05, 4.69) is 9.47 Å². The van der Waals surface area contributed by atoms with Crippen LogP contribution >= 0.6 is 0 Å². The van der Waals surface area contributed by atoms with Gasteiger partial charge in [0.2, 0.25) is 0 Å². The Kier molecular flexibility index (Phi) is 5.16. The first-order chi connectivity index (χ1) is 8.79. The molecule has 19 heavy (non-hydrogen) atoms. The van der Waals surface area contributed by atoms with Gasteiger partial charge in [-0.25, -0.2) is 0 Å². The highest BCUT2D eigenvalue weighted by atomic mass is 19.4. The number of ether oxygens (including phenoxy) is 2. The first-order valence-electron chi connectivity index (χ1n) is 5.75. The minimum atomic E-state index is -4.50. The van der Waals surface area contributed by atoms with Gasteiger partial charge in [-0.2, -0.15) is 13.2 Å². The van der Waals surface area contributed by atoms with Gasteiger partial charge in [-0.15, -0.1) is 0 Å². The van der Waals surface area contributed by atoms with E-state index < -0.39 is 43.0 Å². The molecule has 0 aromatic rings. The highest BCUT2D eigenvalue weighted by Gasteiger charge is 2.48. The van der Waals surface area contributed by atoms with Crippen LogP contribution in [-0.4, -0.2) is 56.4 Å². The number of esters is 2. The predicted molar refractivity (Wildman–Crippen MR) is 58.2 cm³/mol. The number of nitrogens with zero attached hydrogens (tertiary/aromatic N) is 1. The van der Waals surface area contributed by atoms with E-state index in [1.54, 1.807) is 0 Å². The van der Waals surface area contributed by atoms with E-state index in [1.165, 1.54) is 0 Å². The molecule has 0 N–H and O–H groups in total. The highest BCUT2D eigenvalue weighted by molar-refractivity contribution is 5.73. The maximum atomic E-state index is 12.9. The minimum Gasteiger partial charge on any atom is -0.469 e. The number of piperidine rings is 1. The average Bonchev–Trinajstić information content (AvgIpc) is 2.36. The lowest BCUT2D eigenvalue weighted by molar-refractivity contribution is -0.199. The Bertz CT molecular complexity index is 345. The summed E-state index contributed by atoms with van der Waals surface area (Å²) in [4.78, 5) is 23.4. The molecule has 1 saturated heterocycles. The molecule has 0 radical (unpaired) electrons. The minimum absolute atomic E-state index is 0.000949. The third kappa shape index (κ3) is 4.09. The van der Waals surface area contributed by atoms with Crippen LogP contribution < -0.4 is 0 Å². The smallest absolute Gasteiger partial charge is 0.404 e. The van der Waals surface area contributed by atoms with E-state index >= 15 is 0 Å². The van der Waals surface area contributed by atoms with Gasteiger partial charge in [0.25, 0.3) is 0 Å². The van der Waals surface area contributed by atoms with Crippen LogP contribution in [0.25, 0.3) is 0 Å². The lowest BCUT2D eigenvalue weighted by Gasteiger charge is -2.38. The highest BCUT2D eigenvalue weighted by Crippen LogP contribution is 2.34. The lowest BCUT2D eigenvalue weighted by atomic mass is 9.90. The van der Waals surface area contributed by atoms with E-state index in [4.69, 9.17) is 0 Å². The lowest BCUT2D eigenvalue weighted by Crippen LogP contribution is -2.53. The van der Waals surface area contributed by atoms with Gasteiger partial charge >= 0.3 is 18.1 Å². The normalized spacial score (nSPS) is 24.9. The number of alkyl halides is 3. The monoisotopic (exact) mass is 283 g/mol. The molecule has 1 fully saturated rings. The average molecular weight is 283 g/mol. The van der Waals surface area contributed by atoms with Crippen molar-refractivity contribution in [2.75, 3.05) is 27.3 Å². The summed E-state index contributed by atoms with van der Waals surface area (Å²) in [7, 11) is 2.26. The van der Waals surface area contributed by atoms with Crippen LogP contribution in [0, 0.1) is 5.92 Å². The van der Waals surface area contributed by atoms with Crippen LogP contribution in [0.4, 0.5) is 13.2 Å². The quantitative estimate of drug-likeness (QED) is 0.723. The molecule has 1 heterocycles. The molecule has 1 rings (SSSR count). The Morgan fingerprint density at radius 2 is 1.89 bits per heavy atom. The molecule has 0 spiro atoms. The number of carbonyl (C=O) groups excluding carboxylic acids is 2. The molecule has 0 bridgehead atoms. The van der Waals surface area contributed by atoms with Crippen LogP contribution in [0.5, 0.6) is 0 Å². The second kappa shape index (κ2) is 6.23. The second-order valence-electron chi connectivity index (χ2n) is 4.35. The van der Waals surface area contributed by atoms with Gasteiger partial charge in [-0.05, 0) is 12.8 Å². The summed E-state index contributed by atoms with van der Waals surface area (Å²) >= 11 is 0. The second-order valence-corrected chi connectivity index (χ2v) is 4.35. The summed E-state index contributed by atoms with van der Waals surface area (Å²) in [6, 6.07) is -1.83. The predicted octanol–water partition coefficient (Wildman–Crippen LogP) is 0.975. The van der Waals surface area contributed by atoms with Crippen molar-refractivity contribution in [3.05, 3.63) is 0 Å². The van der Waals surface area contributed by atoms with Gasteiger partial charge in [0.15, 0.2) is 0 Å². The molecule has 0 aliphatic carbocycles. The molecular formula is C11H16F3NO4. The summed E-state index contributed by atoms with van der Waals surface area (Å²) in [6.45, 7) is -0.437. The van der Waals surface area contributed by atoms with E-state index in [-0.39, 0.29) is 13.0 Å². The van der Waals surface area contributed by atoms with Crippen molar-refractivity contribution in [2.45, 2.75) is 25.1 Å². The zero-order chi connectivity index (χ0) is 14.6. The number of halogens is 3.